The summed E-state index contributed by atoms with van der Waals surface area (Å²) in [5, 5.41) is 47.9. The molecule has 3 aromatic carbocycles. The SMILES string of the molecule is CCN(CC)c1ccc(/C=C(\C#N)C(=O)OCC(C)(COC(=O)/C(C#N)=C/c2ccc(N(C)CCO)cc2)COC(=O)/C(C#N)=C/c2ccc(N(C)CCO)cc2)cc1. The van der Waals surface area contributed by atoms with Crippen LogP contribution in [-0.4, -0.2) is 101 Å². The van der Waals surface area contributed by atoms with Crippen molar-refractivity contribution in [2.24, 2.45) is 5.41 Å². The number of hydrogen-bond donors (Lipinski definition) is 2. The number of rotatable bonds is 21. The van der Waals surface area contributed by atoms with E-state index in [2.05, 4.69) is 4.90 Å². The molecule has 14 nitrogen and oxygen atoms in total. The molecular formula is C45H50N6O8. The molecule has 3 aromatic rings. The van der Waals surface area contributed by atoms with Crippen LogP contribution in [-0.2, 0) is 28.6 Å². The lowest BCUT2D eigenvalue weighted by atomic mass is 9.94. The van der Waals surface area contributed by atoms with Gasteiger partial charge in [0.05, 0.1) is 18.6 Å². The van der Waals surface area contributed by atoms with Gasteiger partial charge in [-0.15, -0.1) is 0 Å². The van der Waals surface area contributed by atoms with E-state index in [1.807, 2.05) is 68.1 Å². The van der Waals surface area contributed by atoms with Gasteiger partial charge in [-0.2, -0.15) is 15.8 Å². The van der Waals surface area contributed by atoms with Gasteiger partial charge in [-0.05, 0) is 92.1 Å². The molecule has 0 saturated heterocycles. The summed E-state index contributed by atoms with van der Waals surface area (Å²) in [5.41, 5.74) is 1.89. The number of hydrogen-bond acceptors (Lipinski definition) is 14. The first kappa shape index (κ1) is 46.5. The van der Waals surface area contributed by atoms with E-state index in [1.54, 1.807) is 60.7 Å². The highest BCUT2D eigenvalue weighted by molar-refractivity contribution is 5.99. The number of benzene rings is 3. The van der Waals surface area contributed by atoms with Crippen molar-refractivity contribution < 1.29 is 38.8 Å². The van der Waals surface area contributed by atoms with Gasteiger partial charge in [0.25, 0.3) is 0 Å². The second-order valence-electron chi connectivity index (χ2n) is 13.8. The maximum atomic E-state index is 13.2. The fourth-order valence-electron chi connectivity index (χ4n) is 5.57. The highest BCUT2D eigenvalue weighted by Gasteiger charge is 2.32. The number of esters is 3. The monoisotopic (exact) mass is 802 g/mol. The number of aliphatic hydroxyl groups excluding tert-OH is 2. The van der Waals surface area contributed by atoms with E-state index in [9.17, 15) is 40.4 Å². The lowest BCUT2D eigenvalue weighted by Crippen LogP contribution is -2.37. The number of carbonyl (C=O) groups excluding carboxylic acids is 3. The van der Waals surface area contributed by atoms with Crippen molar-refractivity contribution in [1.82, 2.24) is 0 Å². The normalized spacial score (nSPS) is 11.7. The molecule has 59 heavy (non-hydrogen) atoms. The van der Waals surface area contributed by atoms with Gasteiger partial charge < -0.3 is 39.1 Å². The molecule has 0 spiro atoms. The minimum atomic E-state index is -1.41. The summed E-state index contributed by atoms with van der Waals surface area (Å²) < 4.78 is 16.6. The van der Waals surface area contributed by atoms with Crippen molar-refractivity contribution in [3.8, 4) is 18.2 Å². The minimum Gasteiger partial charge on any atom is -0.461 e. The van der Waals surface area contributed by atoms with Gasteiger partial charge in [0.2, 0.25) is 0 Å². The summed E-state index contributed by atoms with van der Waals surface area (Å²) in [6.07, 6.45) is 4.07. The van der Waals surface area contributed by atoms with E-state index >= 15 is 0 Å². The van der Waals surface area contributed by atoms with E-state index in [0.717, 1.165) is 30.2 Å². The van der Waals surface area contributed by atoms with E-state index in [0.29, 0.717) is 29.8 Å². The van der Waals surface area contributed by atoms with Gasteiger partial charge in [0.1, 0.15) is 54.7 Å². The Balaban J connectivity index is 1.83. The molecule has 0 amide bonds. The molecule has 3 rings (SSSR count). The van der Waals surface area contributed by atoms with E-state index in [1.165, 1.54) is 25.2 Å². The smallest absolute Gasteiger partial charge is 0.348 e. The Labute approximate surface area is 345 Å². The molecule has 0 fully saturated rings. The number of aliphatic hydroxyl groups is 2. The Bertz CT molecular complexity index is 2000. The Morgan fingerprint density at radius 3 is 1.12 bits per heavy atom. The maximum Gasteiger partial charge on any atom is 0.348 e. The zero-order chi connectivity index (χ0) is 43.4. The van der Waals surface area contributed by atoms with Crippen LogP contribution in [0.2, 0.25) is 0 Å². The first-order chi connectivity index (χ1) is 28.3. The molecule has 0 aliphatic rings. The first-order valence-corrected chi connectivity index (χ1v) is 18.9. The molecule has 0 bridgehead atoms. The average Bonchev–Trinajstić information content (AvgIpc) is 3.25. The molecule has 0 heterocycles. The van der Waals surface area contributed by atoms with Crippen molar-refractivity contribution >= 4 is 53.2 Å². The molecule has 2 N–H and O–H groups in total. The number of nitriles is 3. The van der Waals surface area contributed by atoms with Crippen LogP contribution in [0.1, 0.15) is 37.5 Å². The number of carbonyl (C=O) groups is 3. The zero-order valence-corrected chi connectivity index (χ0v) is 34.1. The fraction of sp³-hybridized carbons (Fsp3) is 0.333. The number of likely N-dealkylation sites (N-methyl/N-ethyl adjacent to an activating group) is 2. The first-order valence-electron chi connectivity index (χ1n) is 18.9. The van der Waals surface area contributed by atoms with Gasteiger partial charge in [0, 0.05) is 57.3 Å². The fourth-order valence-corrected chi connectivity index (χ4v) is 5.57. The van der Waals surface area contributed by atoms with E-state index in [4.69, 9.17) is 14.2 Å². The molecular weight excluding hydrogens is 753 g/mol. The van der Waals surface area contributed by atoms with Crippen molar-refractivity contribution in [2.75, 3.05) is 88.0 Å². The van der Waals surface area contributed by atoms with Crippen LogP contribution in [0, 0.1) is 39.4 Å². The third-order valence-corrected chi connectivity index (χ3v) is 9.17. The molecule has 14 heteroatoms. The van der Waals surface area contributed by atoms with Gasteiger partial charge in [-0.25, -0.2) is 14.4 Å². The van der Waals surface area contributed by atoms with Crippen LogP contribution in [0.15, 0.2) is 89.5 Å². The Hall–Kier alpha value is -6.92. The second kappa shape index (κ2) is 23.3. The molecule has 0 aromatic heterocycles. The lowest BCUT2D eigenvalue weighted by Gasteiger charge is -2.28. The number of nitrogens with zero attached hydrogens (tertiary/aromatic N) is 6. The van der Waals surface area contributed by atoms with Gasteiger partial charge in [0.15, 0.2) is 0 Å². The predicted octanol–water partition coefficient (Wildman–Crippen LogP) is 5.15. The predicted molar refractivity (Wildman–Crippen MR) is 225 cm³/mol. The molecule has 0 atom stereocenters. The highest BCUT2D eigenvalue weighted by atomic mass is 16.6. The van der Waals surface area contributed by atoms with Crippen LogP contribution in [0.4, 0.5) is 17.1 Å². The standard InChI is InChI=1S/C45H50N6O8/c1-6-51(7-2)41-18-12-35(13-19-41)26-38(29-48)44(56)59-32-45(3,30-57-42(54)36(27-46)24-33-8-14-39(15-9-33)49(4)20-22-52)31-58-43(55)37(28-47)25-34-10-16-40(17-11-34)50(5)21-23-53/h8-19,24-26,52-53H,6-7,20-23,30-32H2,1-5H3/b36-24+,37-25+,38-26+. The zero-order valence-electron chi connectivity index (χ0n) is 34.1. The van der Waals surface area contributed by atoms with E-state index in [-0.39, 0.29) is 29.9 Å². The molecule has 0 saturated carbocycles. The third kappa shape index (κ3) is 14.2. The van der Waals surface area contributed by atoms with Crippen LogP contribution < -0.4 is 14.7 Å². The molecule has 308 valence electrons. The minimum absolute atomic E-state index is 0.0298. The summed E-state index contributed by atoms with van der Waals surface area (Å²) in [7, 11) is 3.62. The Morgan fingerprint density at radius 1 is 0.576 bits per heavy atom. The van der Waals surface area contributed by atoms with Gasteiger partial charge in [-0.1, -0.05) is 36.4 Å². The summed E-state index contributed by atoms with van der Waals surface area (Å²) in [4.78, 5) is 45.4. The average molecular weight is 803 g/mol. The van der Waals surface area contributed by atoms with Gasteiger partial charge in [-0.3, -0.25) is 0 Å². The molecule has 0 aliphatic heterocycles. The van der Waals surface area contributed by atoms with Crippen molar-refractivity contribution in [3.63, 3.8) is 0 Å². The third-order valence-electron chi connectivity index (χ3n) is 9.17. The summed E-state index contributed by atoms with van der Waals surface area (Å²) in [6.45, 7) is 6.50. The van der Waals surface area contributed by atoms with Crippen LogP contribution in [0.3, 0.4) is 0 Å². The molecule has 0 aliphatic carbocycles. The number of anilines is 3. The van der Waals surface area contributed by atoms with Crippen molar-refractivity contribution in [2.45, 2.75) is 20.8 Å². The van der Waals surface area contributed by atoms with Crippen molar-refractivity contribution in [1.29, 1.82) is 15.8 Å². The maximum absolute atomic E-state index is 13.2. The summed E-state index contributed by atoms with van der Waals surface area (Å²) in [5.74, 6) is -2.95. The summed E-state index contributed by atoms with van der Waals surface area (Å²) >= 11 is 0. The Morgan fingerprint density at radius 2 is 0.864 bits per heavy atom. The molecule has 0 unspecified atom stereocenters. The van der Waals surface area contributed by atoms with Gasteiger partial charge >= 0.3 is 17.9 Å². The van der Waals surface area contributed by atoms with E-state index < -0.39 is 43.1 Å². The topological polar surface area (TPSA) is 200 Å². The van der Waals surface area contributed by atoms with Crippen LogP contribution >= 0.6 is 0 Å². The number of ether oxygens (including phenoxy) is 3. The lowest BCUT2D eigenvalue weighted by molar-refractivity contribution is -0.155. The largest absolute Gasteiger partial charge is 0.461 e. The highest BCUT2D eigenvalue weighted by Crippen LogP contribution is 2.24. The van der Waals surface area contributed by atoms with Crippen molar-refractivity contribution in [3.05, 3.63) is 106 Å². The second-order valence-corrected chi connectivity index (χ2v) is 13.8. The molecule has 0 radical (unpaired) electrons. The van der Waals surface area contributed by atoms with Crippen LogP contribution in [0.25, 0.3) is 18.2 Å². The Kier molecular flexibility index (Phi) is 18.4. The van der Waals surface area contributed by atoms with Crippen LogP contribution in [0.5, 0.6) is 0 Å². The quantitative estimate of drug-likeness (QED) is 0.0620. The summed E-state index contributed by atoms with van der Waals surface area (Å²) in [6, 6.07) is 26.7.